The number of pyridine rings is 1. The van der Waals surface area contributed by atoms with E-state index in [-0.39, 0.29) is 6.04 Å². The van der Waals surface area contributed by atoms with Gasteiger partial charge in [0.15, 0.2) is 5.96 Å². The minimum absolute atomic E-state index is 0.00749. The molecule has 0 aliphatic rings. The van der Waals surface area contributed by atoms with Crippen molar-refractivity contribution >= 4 is 22.6 Å². The van der Waals surface area contributed by atoms with Gasteiger partial charge in [0.05, 0.1) is 18.3 Å². The van der Waals surface area contributed by atoms with Crippen molar-refractivity contribution in [1.82, 2.24) is 20.0 Å². The Morgan fingerprint density at radius 2 is 2.07 bits per heavy atom. The van der Waals surface area contributed by atoms with E-state index in [0.717, 1.165) is 33.8 Å². The van der Waals surface area contributed by atoms with Gasteiger partial charge in [-0.1, -0.05) is 24.3 Å². The highest BCUT2D eigenvalue weighted by Gasteiger charge is 2.13. The summed E-state index contributed by atoms with van der Waals surface area (Å²) in [6.07, 6.45) is 2.05. The molecule has 6 heteroatoms. The van der Waals surface area contributed by atoms with Crippen LogP contribution in [0, 0.1) is 6.92 Å². The van der Waals surface area contributed by atoms with Crippen molar-refractivity contribution in [2.24, 2.45) is 4.99 Å². The molecule has 0 fully saturated rings. The first kappa shape index (κ1) is 17.1. The molecular weight excluding hydrogens is 338 g/mol. The SMILES string of the molecule is CN=C(NCc1cn2c(C)cccc2n1)NC(C)c1cc2ccccc2o1. The molecular formula is C21H23N5O. The number of guanidine groups is 1. The quantitative estimate of drug-likeness (QED) is 0.428. The maximum atomic E-state index is 5.93. The lowest BCUT2D eigenvalue weighted by Gasteiger charge is -2.15. The highest BCUT2D eigenvalue weighted by atomic mass is 16.3. The van der Waals surface area contributed by atoms with E-state index in [2.05, 4.69) is 51.0 Å². The van der Waals surface area contributed by atoms with Crippen LogP contribution in [-0.2, 0) is 6.54 Å². The highest BCUT2D eigenvalue weighted by molar-refractivity contribution is 5.81. The average molecular weight is 361 g/mol. The number of hydrogen-bond donors (Lipinski definition) is 2. The summed E-state index contributed by atoms with van der Waals surface area (Å²) >= 11 is 0. The summed E-state index contributed by atoms with van der Waals surface area (Å²) in [5.41, 5.74) is 3.96. The molecule has 4 rings (SSSR count). The molecule has 1 unspecified atom stereocenters. The molecule has 3 aromatic heterocycles. The molecule has 4 aromatic rings. The Kier molecular flexibility index (Phi) is 4.54. The molecule has 0 aliphatic heterocycles. The number of aryl methyl sites for hydroxylation is 1. The second-order valence-electron chi connectivity index (χ2n) is 6.61. The molecule has 2 N–H and O–H groups in total. The van der Waals surface area contributed by atoms with E-state index in [1.165, 1.54) is 0 Å². The number of nitrogens with zero attached hydrogens (tertiary/aromatic N) is 3. The number of aromatic nitrogens is 2. The van der Waals surface area contributed by atoms with Crippen LogP contribution in [0.15, 0.2) is 64.1 Å². The van der Waals surface area contributed by atoms with Gasteiger partial charge in [0.25, 0.3) is 0 Å². The lowest BCUT2D eigenvalue weighted by Crippen LogP contribution is -2.38. The number of hydrogen-bond acceptors (Lipinski definition) is 3. The Morgan fingerprint density at radius 3 is 2.85 bits per heavy atom. The molecule has 0 radical (unpaired) electrons. The fourth-order valence-electron chi connectivity index (χ4n) is 3.14. The van der Waals surface area contributed by atoms with Gasteiger partial charge in [0.2, 0.25) is 0 Å². The second-order valence-corrected chi connectivity index (χ2v) is 6.61. The Hall–Kier alpha value is -3.28. The first-order valence-corrected chi connectivity index (χ1v) is 9.03. The zero-order chi connectivity index (χ0) is 18.8. The van der Waals surface area contributed by atoms with E-state index < -0.39 is 0 Å². The third-order valence-corrected chi connectivity index (χ3v) is 4.63. The standard InChI is InChI=1S/C21H23N5O/c1-14-7-6-10-20-25-17(13-26(14)20)12-23-21(22-3)24-15(2)19-11-16-8-4-5-9-18(16)27-19/h4-11,13,15H,12H2,1-3H3,(H2,22,23,24). The van der Waals surface area contributed by atoms with Gasteiger partial charge in [-0.3, -0.25) is 4.99 Å². The number of furan rings is 1. The van der Waals surface area contributed by atoms with Crippen LogP contribution in [0.25, 0.3) is 16.6 Å². The fourth-order valence-corrected chi connectivity index (χ4v) is 3.14. The molecule has 6 nitrogen and oxygen atoms in total. The number of rotatable bonds is 4. The van der Waals surface area contributed by atoms with Crippen molar-refractivity contribution in [3.8, 4) is 0 Å². The Morgan fingerprint density at radius 1 is 1.22 bits per heavy atom. The highest BCUT2D eigenvalue weighted by Crippen LogP contribution is 2.23. The molecule has 0 saturated carbocycles. The number of nitrogens with one attached hydrogen (secondary N) is 2. The maximum Gasteiger partial charge on any atom is 0.191 e. The van der Waals surface area contributed by atoms with Crippen molar-refractivity contribution in [2.45, 2.75) is 26.4 Å². The predicted molar refractivity (Wildman–Crippen MR) is 108 cm³/mol. The zero-order valence-corrected chi connectivity index (χ0v) is 15.7. The van der Waals surface area contributed by atoms with E-state index in [4.69, 9.17) is 4.42 Å². The molecule has 0 amide bonds. The van der Waals surface area contributed by atoms with E-state index in [0.29, 0.717) is 12.5 Å². The number of imidazole rings is 1. The summed E-state index contributed by atoms with van der Waals surface area (Å²) in [5, 5.41) is 7.79. The van der Waals surface area contributed by atoms with Gasteiger partial charge in [0, 0.05) is 24.3 Å². The number of aliphatic imine (C=N–C) groups is 1. The average Bonchev–Trinajstić information content (AvgIpc) is 3.29. The van der Waals surface area contributed by atoms with Crippen molar-refractivity contribution in [3.05, 3.63) is 71.9 Å². The van der Waals surface area contributed by atoms with Gasteiger partial charge in [0.1, 0.15) is 17.0 Å². The fraction of sp³-hybridized carbons (Fsp3) is 0.238. The van der Waals surface area contributed by atoms with E-state index in [9.17, 15) is 0 Å². The smallest absolute Gasteiger partial charge is 0.191 e. The van der Waals surface area contributed by atoms with Gasteiger partial charge >= 0.3 is 0 Å². The van der Waals surface area contributed by atoms with E-state index in [1.54, 1.807) is 7.05 Å². The lowest BCUT2D eigenvalue weighted by atomic mass is 10.2. The molecule has 0 saturated heterocycles. The minimum atomic E-state index is -0.00749. The van der Waals surface area contributed by atoms with Crippen molar-refractivity contribution in [1.29, 1.82) is 0 Å². The summed E-state index contributed by atoms with van der Waals surface area (Å²) in [6, 6.07) is 16.2. The largest absolute Gasteiger partial charge is 0.459 e. The second kappa shape index (κ2) is 7.15. The van der Waals surface area contributed by atoms with Crippen LogP contribution in [0.1, 0.15) is 30.1 Å². The molecule has 138 valence electrons. The summed E-state index contributed by atoms with van der Waals surface area (Å²) in [5.74, 6) is 1.58. The lowest BCUT2D eigenvalue weighted by molar-refractivity contribution is 0.488. The molecule has 0 bridgehead atoms. The van der Waals surface area contributed by atoms with Crippen LogP contribution in [-0.4, -0.2) is 22.4 Å². The van der Waals surface area contributed by atoms with Gasteiger partial charge in [-0.15, -0.1) is 0 Å². The molecule has 0 aliphatic carbocycles. The number of para-hydroxylation sites is 1. The monoisotopic (exact) mass is 361 g/mol. The minimum Gasteiger partial charge on any atom is -0.459 e. The maximum absolute atomic E-state index is 5.93. The third kappa shape index (κ3) is 3.51. The van der Waals surface area contributed by atoms with Gasteiger partial charge in [-0.25, -0.2) is 4.98 Å². The van der Waals surface area contributed by atoms with E-state index in [1.807, 2.05) is 42.6 Å². The number of fused-ring (bicyclic) bond motifs is 2. The van der Waals surface area contributed by atoms with Crippen LogP contribution < -0.4 is 10.6 Å². The van der Waals surface area contributed by atoms with E-state index >= 15 is 0 Å². The van der Waals surface area contributed by atoms with Gasteiger partial charge in [-0.2, -0.15) is 0 Å². The predicted octanol–water partition coefficient (Wildman–Crippen LogP) is 3.82. The van der Waals surface area contributed by atoms with Crippen molar-refractivity contribution < 1.29 is 4.42 Å². The summed E-state index contributed by atoms with van der Waals surface area (Å²) < 4.78 is 8.02. The van der Waals surface area contributed by atoms with Gasteiger partial charge < -0.3 is 19.5 Å². The van der Waals surface area contributed by atoms with Crippen LogP contribution in [0.2, 0.25) is 0 Å². The molecule has 1 aromatic carbocycles. The Labute approximate surface area is 157 Å². The van der Waals surface area contributed by atoms with Crippen LogP contribution >= 0.6 is 0 Å². The van der Waals surface area contributed by atoms with Gasteiger partial charge in [-0.05, 0) is 38.1 Å². The first-order chi connectivity index (χ1) is 13.1. The summed E-state index contributed by atoms with van der Waals surface area (Å²) in [6.45, 7) is 4.72. The Bertz CT molecular complexity index is 1080. The molecule has 3 heterocycles. The zero-order valence-electron chi connectivity index (χ0n) is 15.7. The van der Waals surface area contributed by atoms with Crippen LogP contribution in [0.3, 0.4) is 0 Å². The molecule has 1 atom stereocenters. The normalized spacial score (nSPS) is 13.2. The topological polar surface area (TPSA) is 66.9 Å². The number of benzene rings is 1. The summed E-state index contributed by atoms with van der Waals surface area (Å²) in [4.78, 5) is 8.96. The van der Waals surface area contributed by atoms with Crippen molar-refractivity contribution in [2.75, 3.05) is 7.05 Å². The Balaban J connectivity index is 1.43. The van der Waals surface area contributed by atoms with Crippen LogP contribution in [0.5, 0.6) is 0 Å². The first-order valence-electron chi connectivity index (χ1n) is 9.03. The third-order valence-electron chi connectivity index (χ3n) is 4.63. The van der Waals surface area contributed by atoms with Crippen LogP contribution in [0.4, 0.5) is 0 Å². The summed E-state index contributed by atoms with van der Waals surface area (Å²) in [7, 11) is 1.76. The molecule has 0 spiro atoms. The molecule has 27 heavy (non-hydrogen) atoms. The van der Waals surface area contributed by atoms with Crippen molar-refractivity contribution in [3.63, 3.8) is 0 Å².